The third-order valence-electron chi connectivity index (χ3n) is 5.48. The average Bonchev–Trinajstić information content (AvgIpc) is 3.38. The number of carbonyl (C=O) groups is 2. The SMILES string of the molecule is O=C(C1CC(=O)N(c2cccc(Cl)c2)C1)N1CCC(NS(=O)(=O)c2cccs2)CC1. The van der Waals surface area contributed by atoms with Gasteiger partial charge in [0.1, 0.15) is 4.21 Å². The predicted octanol–water partition coefficient (Wildman–Crippen LogP) is 2.72. The fourth-order valence-corrected chi connectivity index (χ4v) is 6.44. The summed E-state index contributed by atoms with van der Waals surface area (Å²) in [6.45, 7) is 1.28. The first-order chi connectivity index (χ1) is 14.3. The Hall–Kier alpha value is -1.94. The molecule has 1 atom stereocenters. The summed E-state index contributed by atoms with van der Waals surface area (Å²) in [5, 5.41) is 2.27. The van der Waals surface area contributed by atoms with E-state index in [1.54, 1.807) is 45.5 Å². The Morgan fingerprint density at radius 1 is 1.17 bits per heavy atom. The lowest BCUT2D eigenvalue weighted by Gasteiger charge is -2.33. The van der Waals surface area contributed by atoms with Crippen molar-refractivity contribution in [2.75, 3.05) is 24.5 Å². The lowest BCUT2D eigenvalue weighted by Crippen LogP contribution is -2.48. The van der Waals surface area contributed by atoms with Crippen LogP contribution >= 0.6 is 22.9 Å². The monoisotopic (exact) mass is 467 g/mol. The number of hydrogen-bond acceptors (Lipinski definition) is 5. The number of rotatable bonds is 5. The Balaban J connectivity index is 1.33. The number of likely N-dealkylation sites (tertiary alicyclic amines) is 1. The highest BCUT2D eigenvalue weighted by Crippen LogP contribution is 2.29. The van der Waals surface area contributed by atoms with E-state index in [1.165, 1.54) is 11.3 Å². The quantitative estimate of drug-likeness (QED) is 0.732. The van der Waals surface area contributed by atoms with Crippen molar-refractivity contribution in [2.45, 2.75) is 29.5 Å². The number of amides is 2. The molecule has 2 saturated heterocycles. The van der Waals surface area contributed by atoms with Gasteiger partial charge in [0, 0.05) is 42.8 Å². The van der Waals surface area contributed by atoms with Crippen LogP contribution in [0.3, 0.4) is 0 Å². The number of nitrogens with zero attached hydrogens (tertiary/aromatic N) is 2. The van der Waals surface area contributed by atoms with Crippen LogP contribution in [-0.4, -0.2) is 50.8 Å². The van der Waals surface area contributed by atoms with Crippen LogP contribution in [0.5, 0.6) is 0 Å². The Bertz CT molecular complexity index is 1030. The first-order valence-corrected chi connectivity index (χ1v) is 12.5. The average molecular weight is 468 g/mol. The minimum Gasteiger partial charge on any atom is -0.342 e. The molecule has 0 saturated carbocycles. The maximum atomic E-state index is 13.0. The number of thiophene rings is 1. The van der Waals surface area contributed by atoms with Crippen LogP contribution < -0.4 is 9.62 Å². The highest BCUT2D eigenvalue weighted by atomic mass is 35.5. The van der Waals surface area contributed by atoms with Gasteiger partial charge in [-0.1, -0.05) is 23.7 Å². The van der Waals surface area contributed by atoms with E-state index < -0.39 is 15.9 Å². The van der Waals surface area contributed by atoms with E-state index in [1.807, 2.05) is 6.07 Å². The van der Waals surface area contributed by atoms with E-state index in [0.29, 0.717) is 47.4 Å². The fourth-order valence-electron chi connectivity index (χ4n) is 3.94. The largest absolute Gasteiger partial charge is 0.342 e. The number of halogens is 1. The highest BCUT2D eigenvalue weighted by molar-refractivity contribution is 7.91. The van der Waals surface area contributed by atoms with Crippen LogP contribution in [0.4, 0.5) is 5.69 Å². The van der Waals surface area contributed by atoms with Gasteiger partial charge in [0.15, 0.2) is 0 Å². The molecule has 2 amide bonds. The summed E-state index contributed by atoms with van der Waals surface area (Å²) in [6.07, 6.45) is 1.28. The number of hydrogen-bond donors (Lipinski definition) is 1. The molecule has 3 heterocycles. The van der Waals surface area contributed by atoms with Crippen LogP contribution in [0.1, 0.15) is 19.3 Å². The van der Waals surface area contributed by atoms with Crippen LogP contribution in [-0.2, 0) is 19.6 Å². The van der Waals surface area contributed by atoms with Crippen molar-refractivity contribution in [2.24, 2.45) is 5.92 Å². The third-order valence-corrected chi connectivity index (χ3v) is 8.64. The standard InChI is InChI=1S/C20H22ClN3O4S2/c21-15-3-1-4-17(12-15)24-13-14(11-18(24)25)20(26)23-8-6-16(7-9-23)22-30(27,28)19-5-2-10-29-19/h1-5,10,12,14,16,22H,6-9,11,13H2. The van der Waals surface area contributed by atoms with E-state index in [0.717, 1.165) is 0 Å². The minimum absolute atomic E-state index is 0.0487. The van der Waals surface area contributed by atoms with Gasteiger partial charge in [-0.3, -0.25) is 9.59 Å². The summed E-state index contributed by atoms with van der Waals surface area (Å²) < 4.78 is 27.8. The molecule has 7 nitrogen and oxygen atoms in total. The molecule has 4 rings (SSSR count). The molecule has 2 fully saturated rings. The number of sulfonamides is 1. The first-order valence-electron chi connectivity index (χ1n) is 9.74. The van der Waals surface area contributed by atoms with Gasteiger partial charge in [0.25, 0.3) is 0 Å². The molecule has 1 N–H and O–H groups in total. The lowest BCUT2D eigenvalue weighted by atomic mass is 10.0. The highest BCUT2D eigenvalue weighted by Gasteiger charge is 2.38. The molecular weight excluding hydrogens is 446 g/mol. The second-order valence-corrected chi connectivity index (χ2v) is 10.9. The zero-order valence-corrected chi connectivity index (χ0v) is 18.5. The van der Waals surface area contributed by atoms with E-state index in [2.05, 4.69) is 4.72 Å². The van der Waals surface area contributed by atoms with Crippen molar-refractivity contribution in [3.05, 3.63) is 46.8 Å². The second kappa shape index (κ2) is 8.66. The Morgan fingerprint density at radius 3 is 2.60 bits per heavy atom. The summed E-state index contributed by atoms with van der Waals surface area (Å²) in [7, 11) is -3.52. The van der Waals surface area contributed by atoms with Gasteiger partial charge in [-0.25, -0.2) is 13.1 Å². The molecule has 1 unspecified atom stereocenters. The predicted molar refractivity (Wildman–Crippen MR) is 116 cm³/mol. The molecule has 1 aromatic carbocycles. The van der Waals surface area contributed by atoms with Crippen LogP contribution in [0.2, 0.25) is 5.02 Å². The van der Waals surface area contributed by atoms with E-state index >= 15 is 0 Å². The van der Waals surface area contributed by atoms with Gasteiger partial charge < -0.3 is 9.80 Å². The number of benzene rings is 1. The molecule has 0 aliphatic carbocycles. The lowest BCUT2D eigenvalue weighted by molar-refractivity contribution is -0.136. The van der Waals surface area contributed by atoms with Crippen molar-refractivity contribution in [3.8, 4) is 0 Å². The molecule has 0 spiro atoms. The topological polar surface area (TPSA) is 86.8 Å². The molecule has 30 heavy (non-hydrogen) atoms. The van der Waals surface area contributed by atoms with Gasteiger partial charge in [0.05, 0.1) is 5.92 Å². The Morgan fingerprint density at radius 2 is 1.93 bits per heavy atom. The summed E-state index contributed by atoms with van der Waals surface area (Å²) in [5.74, 6) is -0.530. The fraction of sp³-hybridized carbons (Fsp3) is 0.400. The van der Waals surface area contributed by atoms with Crippen molar-refractivity contribution < 1.29 is 18.0 Å². The number of piperidine rings is 1. The summed E-state index contributed by atoms with van der Waals surface area (Å²) in [6, 6.07) is 10.1. The molecule has 1 aromatic heterocycles. The van der Waals surface area contributed by atoms with Gasteiger partial charge in [-0.05, 0) is 42.5 Å². The van der Waals surface area contributed by atoms with Crippen molar-refractivity contribution in [1.29, 1.82) is 0 Å². The van der Waals surface area contributed by atoms with Crippen molar-refractivity contribution in [3.63, 3.8) is 0 Å². The zero-order valence-electron chi connectivity index (χ0n) is 16.2. The molecule has 0 bridgehead atoms. The molecule has 2 aromatic rings. The summed E-state index contributed by atoms with van der Waals surface area (Å²) >= 11 is 7.20. The van der Waals surface area contributed by atoms with Crippen LogP contribution in [0.25, 0.3) is 0 Å². The van der Waals surface area contributed by atoms with Crippen molar-refractivity contribution >= 4 is 50.5 Å². The van der Waals surface area contributed by atoms with Gasteiger partial charge in [0.2, 0.25) is 21.8 Å². The first kappa shape index (κ1) is 21.3. The normalized spacial score (nSPS) is 20.7. The number of carbonyl (C=O) groups excluding carboxylic acids is 2. The summed E-state index contributed by atoms with van der Waals surface area (Å²) in [4.78, 5) is 28.7. The maximum absolute atomic E-state index is 13.0. The molecule has 10 heteroatoms. The van der Waals surface area contributed by atoms with Gasteiger partial charge in [-0.2, -0.15) is 0 Å². The van der Waals surface area contributed by atoms with Crippen molar-refractivity contribution in [1.82, 2.24) is 9.62 Å². The van der Waals surface area contributed by atoms with Gasteiger partial charge in [-0.15, -0.1) is 11.3 Å². The molecule has 160 valence electrons. The van der Waals surface area contributed by atoms with E-state index in [4.69, 9.17) is 11.6 Å². The molecule has 2 aliphatic heterocycles. The Labute approximate surface area is 184 Å². The Kier molecular flexibility index (Phi) is 6.15. The molecule has 2 aliphatic rings. The zero-order chi connectivity index (χ0) is 21.3. The minimum atomic E-state index is -3.52. The van der Waals surface area contributed by atoms with Crippen LogP contribution in [0, 0.1) is 5.92 Å². The molecular formula is C20H22ClN3O4S2. The molecule has 0 radical (unpaired) electrons. The summed E-state index contributed by atoms with van der Waals surface area (Å²) in [5.41, 5.74) is 0.699. The van der Waals surface area contributed by atoms with E-state index in [-0.39, 0.29) is 24.3 Å². The second-order valence-electron chi connectivity index (χ2n) is 7.54. The van der Waals surface area contributed by atoms with Gasteiger partial charge >= 0.3 is 0 Å². The number of nitrogens with one attached hydrogen (secondary N) is 1. The third kappa shape index (κ3) is 4.54. The van der Waals surface area contributed by atoms with Crippen LogP contribution in [0.15, 0.2) is 46.0 Å². The smallest absolute Gasteiger partial charge is 0.250 e. The maximum Gasteiger partial charge on any atom is 0.250 e. The van der Waals surface area contributed by atoms with E-state index in [9.17, 15) is 18.0 Å². The number of anilines is 1.